The van der Waals surface area contributed by atoms with E-state index in [-0.39, 0.29) is 0 Å². The smallest absolute Gasteiger partial charge is 0.157 e. The molecule has 2 aromatic heterocycles. The number of nitriles is 1. The molecule has 0 amide bonds. The lowest BCUT2D eigenvalue weighted by Gasteiger charge is -1.98. The van der Waals surface area contributed by atoms with Crippen LogP contribution in [-0.2, 0) is 0 Å². The zero-order valence-corrected chi connectivity index (χ0v) is 9.24. The zero-order valence-electron chi connectivity index (χ0n) is 6.33. The number of hydrogen-bond acceptors (Lipinski definition) is 2. The molecule has 13 heavy (non-hydrogen) atoms. The van der Waals surface area contributed by atoms with E-state index in [0.29, 0.717) is 16.2 Å². The van der Waals surface area contributed by atoms with E-state index in [1.165, 1.54) is 0 Å². The van der Waals surface area contributed by atoms with Crippen molar-refractivity contribution in [3.05, 3.63) is 32.7 Å². The minimum Gasteiger partial charge on any atom is -0.294 e. The van der Waals surface area contributed by atoms with E-state index in [1.807, 2.05) is 10.5 Å². The van der Waals surface area contributed by atoms with Crippen molar-refractivity contribution in [1.29, 1.82) is 5.26 Å². The van der Waals surface area contributed by atoms with Gasteiger partial charge in [-0.2, -0.15) is 5.26 Å². The molecular formula is C8H3ClIN3. The molecule has 3 nitrogen and oxygen atoms in total. The quantitative estimate of drug-likeness (QED) is 0.702. The molecule has 0 aliphatic carbocycles. The summed E-state index contributed by atoms with van der Waals surface area (Å²) >= 11 is 7.98. The van der Waals surface area contributed by atoms with Crippen molar-refractivity contribution in [2.24, 2.45) is 0 Å². The van der Waals surface area contributed by atoms with Crippen molar-refractivity contribution in [3.8, 4) is 6.07 Å². The minimum absolute atomic E-state index is 0.423. The lowest BCUT2D eigenvalue weighted by Crippen LogP contribution is -1.90. The molecule has 0 N–H and O–H groups in total. The highest BCUT2D eigenvalue weighted by Crippen LogP contribution is 2.20. The first kappa shape index (κ1) is 8.78. The van der Waals surface area contributed by atoms with Gasteiger partial charge in [-0.1, -0.05) is 11.6 Å². The second kappa shape index (κ2) is 3.16. The molecule has 0 unspecified atom stereocenters. The molecule has 2 aromatic rings. The van der Waals surface area contributed by atoms with Crippen LogP contribution in [0.1, 0.15) is 5.56 Å². The molecule has 0 bridgehead atoms. The van der Waals surface area contributed by atoms with E-state index in [4.69, 9.17) is 16.9 Å². The maximum Gasteiger partial charge on any atom is 0.157 e. The van der Waals surface area contributed by atoms with Crippen molar-refractivity contribution in [2.75, 3.05) is 0 Å². The number of halogens is 2. The fourth-order valence-corrected chi connectivity index (χ4v) is 1.81. The summed E-state index contributed by atoms with van der Waals surface area (Å²) in [5, 5.41) is 9.28. The third kappa shape index (κ3) is 1.28. The lowest BCUT2D eigenvalue weighted by molar-refractivity contribution is 1.14. The summed E-state index contributed by atoms with van der Waals surface area (Å²) in [6.45, 7) is 0. The van der Waals surface area contributed by atoms with Crippen LogP contribution in [-0.4, -0.2) is 9.38 Å². The Morgan fingerprint density at radius 2 is 2.38 bits per heavy atom. The normalized spacial score (nSPS) is 10.2. The molecule has 0 aliphatic heterocycles. The first-order valence-corrected chi connectivity index (χ1v) is 4.91. The van der Waals surface area contributed by atoms with Crippen LogP contribution < -0.4 is 0 Å². The molecule has 0 saturated carbocycles. The topological polar surface area (TPSA) is 41.1 Å². The molecule has 0 atom stereocenters. The second-order valence-electron chi connectivity index (χ2n) is 2.43. The highest BCUT2D eigenvalue weighted by atomic mass is 127. The largest absolute Gasteiger partial charge is 0.294 e. The van der Waals surface area contributed by atoms with Gasteiger partial charge in [-0.3, -0.25) is 4.40 Å². The summed E-state index contributed by atoms with van der Waals surface area (Å²) < 4.78 is 2.78. The molecule has 0 aliphatic rings. The van der Waals surface area contributed by atoms with E-state index in [9.17, 15) is 0 Å². The van der Waals surface area contributed by atoms with Crippen LogP contribution in [0.5, 0.6) is 0 Å². The van der Waals surface area contributed by atoms with Gasteiger partial charge in [-0.05, 0) is 28.7 Å². The van der Waals surface area contributed by atoms with Gasteiger partial charge in [0.2, 0.25) is 0 Å². The average molecular weight is 303 g/mol. The van der Waals surface area contributed by atoms with Crippen molar-refractivity contribution in [3.63, 3.8) is 0 Å². The summed E-state index contributed by atoms with van der Waals surface area (Å²) in [7, 11) is 0. The maximum atomic E-state index is 8.84. The zero-order chi connectivity index (χ0) is 9.42. The molecule has 0 spiro atoms. The number of nitrogens with zero attached hydrogens (tertiary/aromatic N) is 3. The molecule has 5 heteroatoms. The van der Waals surface area contributed by atoms with Crippen LogP contribution in [0.4, 0.5) is 0 Å². The van der Waals surface area contributed by atoms with E-state index >= 15 is 0 Å². The number of imidazole rings is 1. The van der Waals surface area contributed by atoms with Gasteiger partial charge in [0.15, 0.2) is 5.65 Å². The highest BCUT2D eigenvalue weighted by Gasteiger charge is 2.08. The summed E-state index contributed by atoms with van der Waals surface area (Å²) in [4.78, 5) is 4.10. The van der Waals surface area contributed by atoms with Crippen LogP contribution in [0, 0.1) is 15.0 Å². The third-order valence-corrected chi connectivity index (χ3v) is 2.81. The first-order valence-electron chi connectivity index (χ1n) is 3.45. The van der Waals surface area contributed by atoms with Gasteiger partial charge in [0.05, 0.1) is 11.2 Å². The van der Waals surface area contributed by atoms with E-state index in [1.54, 1.807) is 18.5 Å². The lowest BCUT2D eigenvalue weighted by atomic mass is 10.3. The molecule has 2 rings (SSSR count). The van der Waals surface area contributed by atoms with Crippen LogP contribution in [0.3, 0.4) is 0 Å². The van der Waals surface area contributed by atoms with Crippen LogP contribution in [0.15, 0.2) is 18.5 Å². The fourth-order valence-electron chi connectivity index (χ4n) is 1.10. The van der Waals surface area contributed by atoms with Crippen LogP contribution in [0.2, 0.25) is 5.02 Å². The SMILES string of the molecule is N#Cc1c(Cl)ccn2c(I)cnc12. The molecule has 0 saturated heterocycles. The van der Waals surface area contributed by atoms with Gasteiger partial charge < -0.3 is 0 Å². The van der Waals surface area contributed by atoms with Crippen molar-refractivity contribution in [1.82, 2.24) is 9.38 Å². The molecule has 0 radical (unpaired) electrons. The molecule has 64 valence electrons. The Morgan fingerprint density at radius 1 is 1.62 bits per heavy atom. The molecular weight excluding hydrogens is 300 g/mol. The van der Waals surface area contributed by atoms with Gasteiger partial charge in [0.25, 0.3) is 0 Å². The number of rotatable bonds is 0. The Labute approximate surface area is 93.1 Å². The third-order valence-electron chi connectivity index (χ3n) is 1.70. The fraction of sp³-hybridized carbons (Fsp3) is 0. The predicted octanol–water partition coefficient (Wildman–Crippen LogP) is 2.46. The molecule has 0 fully saturated rings. The van der Waals surface area contributed by atoms with Crippen LogP contribution >= 0.6 is 34.2 Å². The van der Waals surface area contributed by atoms with Gasteiger partial charge >= 0.3 is 0 Å². The van der Waals surface area contributed by atoms with Gasteiger partial charge in [-0.25, -0.2) is 4.98 Å². The Balaban J connectivity index is 2.95. The number of fused-ring (bicyclic) bond motifs is 1. The number of aromatic nitrogens is 2. The molecule has 0 aromatic carbocycles. The van der Waals surface area contributed by atoms with E-state index in [2.05, 4.69) is 27.6 Å². The molecule has 2 heterocycles. The standard InChI is InChI=1S/C8H3ClIN3/c9-6-1-2-13-7(10)4-12-8(13)5(6)3-11/h1-2,4H. The Kier molecular flexibility index (Phi) is 2.14. The van der Waals surface area contributed by atoms with Gasteiger partial charge in [0, 0.05) is 6.20 Å². The summed E-state index contributed by atoms with van der Waals surface area (Å²) in [6, 6.07) is 3.72. The Hall–Kier alpha value is -0.800. The predicted molar refractivity (Wildman–Crippen MR) is 57.6 cm³/mol. The summed E-state index contributed by atoms with van der Waals surface area (Å²) in [5.74, 6) is 0. The number of pyridine rings is 1. The monoisotopic (exact) mass is 303 g/mol. The highest BCUT2D eigenvalue weighted by molar-refractivity contribution is 14.1. The van der Waals surface area contributed by atoms with Crippen molar-refractivity contribution < 1.29 is 0 Å². The van der Waals surface area contributed by atoms with Gasteiger partial charge in [-0.15, -0.1) is 0 Å². The Morgan fingerprint density at radius 3 is 3.08 bits per heavy atom. The summed E-state index contributed by atoms with van der Waals surface area (Å²) in [5.41, 5.74) is 1.03. The average Bonchev–Trinajstić information content (AvgIpc) is 2.48. The summed E-state index contributed by atoms with van der Waals surface area (Å²) in [6.07, 6.45) is 3.50. The Bertz CT molecular complexity index is 512. The van der Waals surface area contributed by atoms with Gasteiger partial charge in [0.1, 0.15) is 15.3 Å². The van der Waals surface area contributed by atoms with E-state index in [0.717, 1.165) is 3.70 Å². The number of hydrogen-bond donors (Lipinski definition) is 0. The van der Waals surface area contributed by atoms with Crippen molar-refractivity contribution in [2.45, 2.75) is 0 Å². The van der Waals surface area contributed by atoms with Crippen LogP contribution in [0.25, 0.3) is 5.65 Å². The first-order chi connectivity index (χ1) is 6.24. The maximum absolute atomic E-state index is 8.84. The second-order valence-corrected chi connectivity index (χ2v) is 3.94. The van der Waals surface area contributed by atoms with Crippen molar-refractivity contribution >= 4 is 39.8 Å². The van der Waals surface area contributed by atoms with E-state index < -0.39 is 0 Å². The minimum atomic E-state index is 0.423.